The standard InChI is InChI=1S/C28H20BrNO/c29-27-24-16-7-8-17-25(24)30(23-14-5-2-6-15-23)28(27)26(31)19-20-10-9-13-22(18-20)21-11-3-1-4-12-21/h1-18H,19H2. The van der Waals surface area contributed by atoms with Crippen LogP contribution in [0.25, 0.3) is 27.7 Å². The van der Waals surface area contributed by atoms with Crippen molar-refractivity contribution in [2.75, 3.05) is 0 Å². The number of ketones is 1. The van der Waals surface area contributed by atoms with Gasteiger partial charge in [0.25, 0.3) is 0 Å². The van der Waals surface area contributed by atoms with E-state index in [4.69, 9.17) is 0 Å². The third-order valence-electron chi connectivity index (χ3n) is 5.49. The molecule has 150 valence electrons. The zero-order valence-corrected chi connectivity index (χ0v) is 18.4. The Morgan fingerprint density at radius 1 is 0.710 bits per heavy atom. The molecule has 0 aliphatic heterocycles. The molecule has 5 rings (SSSR count). The Labute approximate surface area is 189 Å². The molecule has 31 heavy (non-hydrogen) atoms. The Morgan fingerprint density at radius 2 is 1.35 bits per heavy atom. The van der Waals surface area contributed by atoms with Gasteiger partial charge in [-0.05, 0) is 50.8 Å². The minimum Gasteiger partial charge on any atom is -0.306 e. The Morgan fingerprint density at radius 3 is 2.13 bits per heavy atom. The molecule has 0 atom stereocenters. The minimum atomic E-state index is 0.0807. The number of nitrogens with zero attached hydrogens (tertiary/aromatic N) is 1. The van der Waals surface area contributed by atoms with Crippen molar-refractivity contribution < 1.29 is 4.79 Å². The zero-order valence-electron chi connectivity index (χ0n) is 16.8. The second kappa shape index (κ2) is 8.37. The van der Waals surface area contributed by atoms with Gasteiger partial charge in [0.1, 0.15) is 5.69 Å². The predicted octanol–water partition coefficient (Wildman–Crippen LogP) is 7.49. The molecule has 4 aromatic carbocycles. The van der Waals surface area contributed by atoms with Crippen molar-refractivity contribution in [2.45, 2.75) is 6.42 Å². The van der Waals surface area contributed by atoms with Crippen molar-refractivity contribution in [3.05, 3.63) is 125 Å². The normalized spacial score (nSPS) is 11.0. The summed E-state index contributed by atoms with van der Waals surface area (Å²) in [5, 5.41) is 1.03. The second-order valence-corrected chi connectivity index (χ2v) is 8.31. The van der Waals surface area contributed by atoms with Crippen molar-refractivity contribution in [1.82, 2.24) is 4.57 Å². The minimum absolute atomic E-state index is 0.0807. The molecule has 0 spiro atoms. The molecule has 3 heteroatoms. The molecular weight excluding hydrogens is 446 g/mol. The number of fused-ring (bicyclic) bond motifs is 1. The Bertz CT molecular complexity index is 1370. The van der Waals surface area contributed by atoms with Gasteiger partial charge in [0.05, 0.1) is 9.99 Å². The van der Waals surface area contributed by atoms with Gasteiger partial charge < -0.3 is 4.57 Å². The van der Waals surface area contributed by atoms with E-state index in [-0.39, 0.29) is 5.78 Å². The van der Waals surface area contributed by atoms with E-state index in [9.17, 15) is 4.79 Å². The number of benzene rings is 4. The molecular formula is C28H20BrNO. The first-order valence-electron chi connectivity index (χ1n) is 10.2. The summed E-state index contributed by atoms with van der Waals surface area (Å²) in [5.41, 5.74) is 5.94. The number of aromatic nitrogens is 1. The van der Waals surface area contributed by atoms with E-state index in [0.29, 0.717) is 12.1 Å². The van der Waals surface area contributed by atoms with E-state index in [0.717, 1.165) is 37.8 Å². The van der Waals surface area contributed by atoms with Crippen LogP contribution in [0.4, 0.5) is 0 Å². The predicted molar refractivity (Wildman–Crippen MR) is 131 cm³/mol. The molecule has 0 bridgehead atoms. The van der Waals surface area contributed by atoms with E-state index >= 15 is 0 Å². The summed E-state index contributed by atoms with van der Waals surface area (Å²) in [6, 6.07) is 36.6. The highest BCUT2D eigenvalue weighted by Gasteiger charge is 2.22. The fraction of sp³-hybridized carbons (Fsp3) is 0.0357. The summed E-state index contributed by atoms with van der Waals surface area (Å²) in [6.45, 7) is 0. The average Bonchev–Trinajstić information content (AvgIpc) is 3.13. The molecule has 1 heterocycles. The summed E-state index contributed by atoms with van der Waals surface area (Å²) in [4.78, 5) is 13.6. The number of rotatable bonds is 5. The van der Waals surface area contributed by atoms with Gasteiger partial charge in [-0.3, -0.25) is 4.79 Å². The largest absolute Gasteiger partial charge is 0.306 e. The molecule has 0 aliphatic carbocycles. The summed E-state index contributed by atoms with van der Waals surface area (Å²) in [6.07, 6.45) is 0.336. The maximum atomic E-state index is 13.6. The highest BCUT2D eigenvalue weighted by atomic mass is 79.9. The van der Waals surface area contributed by atoms with Gasteiger partial charge in [0.2, 0.25) is 0 Å². The van der Waals surface area contributed by atoms with Crippen molar-refractivity contribution in [2.24, 2.45) is 0 Å². The van der Waals surface area contributed by atoms with Gasteiger partial charge in [-0.1, -0.05) is 91.0 Å². The molecule has 0 aliphatic rings. The van der Waals surface area contributed by atoms with Crippen LogP contribution in [0.1, 0.15) is 16.1 Å². The number of hydrogen-bond acceptors (Lipinski definition) is 1. The summed E-state index contributed by atoms with van der Waals surface area (Å²) < 4.78 is 2.90. The fourth-order valence-electron chi connectivity index (χ4n) is 4.05. The quantitative estimate of drug-likeness (QED) is 0.246. The van der Waals surface area contributed by atoms with Crippen LogP contribution in [0.15, 0.2) is 114 Å². The maximum Gasteiger partial charge on any atom is 0.185 e. The molecule has 0 saturated carbocycles. The molecule has 1 aromatic heterocycles. The van der Waals surface area contributed by atoms with E-state index in [1.54, 1.807) is 0 Å². The smallest absolute Gasteiger partial charge is 0.185 e. The van der Waals surface area contributed by atoms with E-state index in [1.165, 1.54) is 0 Å². The van der Waals surface area contributed by atoms with Crippen molar-refractivity contribution in [3.63, 3.8) is 0 Å². The van der Waals surface area contributed by atoms with Gasteiger partial charge in [-0.25, -0.2) is 0 Å². The number of carbonyl (C=O) groups excluding carboxylic acids is 1. The lowest BCUT2D eigenvalue weighted by atomic mass is 10.00. The van der Waals surface area contributed by atoms with Crippen LogP contribution < -0.4 is 0 Å². The van der Waals surface area contributed by atoms with Crippen LogP contribution in [0.3, 0.4) is 0 Å². The monoisotopic (exact) mass is 465 g/mol. The molecule has 0 unspecified atom stereocenters. The lowest BCUT2D eigenvalue weighted by Gasteiger charge is -2.11. The molecule has 0 radical (unpaired) electrons. The fourth-order valence-corrected chi connectivity index (χ4v) is 4.79. The first-order valence-corrected chi connectivity index (χ1v) is 11.0. The van der Waals surface area contributed by atoms with Gasteiger partial charge >= 0.3 is 0 Å². The highest BCUT2D eigenvalue weighted by molar-refractivity contribution is 9.10. The second-order valence-electron chi connectivity index (χ2n) is 7.52. The number of para-hydroxylation sites is 2. The maximum absolute atomic E-state index is 13.6. The number of carbonyl (C=O) groups is 1. The van der Waals surface area contributed by atoms with Crippen LogP contribution in [-0.4, -0.2) is 10.4 Å². The first kappa shape index (κ1) is 19.5. The van der Waals surface area contributed by atoms with Crippen molar-refractivity contribution >= 4 is 32.6 Å². The van der Waals surface area contributed by atoms with Crippen LogP contribution >= 0.6 is 15.9 Å². The molecule has 0 fully saturated rings. The molecule has 2 nitrogen and oxygen atoms in total. The molecule has 5 aromatic rings. The summed E-state index contributed by atoms with van der Waals surface area (Å²) in [5.74, 6) is 0.0807. The lowest BCUT2D eigenvalue weighted by molar-refractivity contribution is 0.0986. The molecule has 0 saturated heterocycles. The summed E-state index contributed by atoms with van der Waals surface area (Å²) >= 11 is 3.72. The third kappa shape index (κ3) is 3.73. The van der Waals surface area contributed by atoms with Gasteiger partial charge in [0.15, 0.2) is 5.78 Å². The molecule has 0 amide bonds. The van der Waals surface area contributed by atoms with E-state index in [2.05, 4.69) is 50.8 Å². The molecule has 0 N–H and O–H groups in total. The highest BCUT2D eigenvalue weighted by Crippen LogP contribution is 2.34. The number of halogens is 1. The summed E-state index contributed by atoms with van der Waals surface area (Å²) in [7, 11) is 0. The van der Waals surface area contributed by atoms with E-state index < -0.39 is 0 Å². The van der Waals surface area contributed by atoms with Crippen LogP contribution in [0.2, 0.25) is 0 Å². The zero-order chi connectivity index (χ0) is 21.2. The SMILES string of the molecule is O=C(Cc1cccc(-c2ccccc2)c1)c1c(Br)c2ccccc2n1-c1ccccc1. The van der Waals surface area contributed by atoms with Crippen LogP contribution in [0.5, 0.6) is 0 Å². The Balaban J connectivity index is 1.58. The van der Waals surface area contributed by atoms with E-state index in [1.807, 2.05) is 78.9 Å². The third-order valence-corrected chi connectivity index (χ3v) is 6.29. The van der Waals surface area contributed by atoms with Gasteiger partial charge in [-0.15, -0.1) is 0 Å². The number of hydrogen-bond donors (Lipinski definition) is 0. The van der Waals surface area contributed by atoms with Gasteiger partial charge in [-0.2, -0.15) is 0 Å². The van der Waals surface area contributed by atoms with Gasteiger partial charge in [0, 0.05) is 17.5 Å². The van der Waals surface area contributed by atoms with Crippen LogP contribution in [0, 0.1) is 0 Å². The van der Waals surface area contributed by atoms with Crippen LogP contribution in [-0.2, 0) is 6.42 Å². The average molecular weight is 466 g/mol. The lowest BCUT2D eigenvalue weighted by Crippen LogP contribution is -2.11. The van der Waals surface area contributed by atoms with Crippen molar-refractivity contribution in [1.29, 1.82) is 0 Å². The first-order chi connectivity index (χ1) is 15.2. The Hall–Kier alpha value is -3.43. The topological polar surface area (TPSA) is 22.0 Å². The van der Waals surface area contributed by atoms with Crippen molar-refractivity contribution in [3.8, 4) is 16.8 Å². The number of Topliss-reactive ketones (excluding diaryl/α,β-unsaturated/α-hetero) is 1. The Kier molecular flexibility index (Phi) is 5.27.